The van der Waals surface area contributed by atoms with Gasteiger partial charge < -0.3 is 4.90 Å². The fraction of sp³-hybridized carbons (Fsp3) is 0.273. The van der Waals surface area contributed by atoms with Gasteiger partial charge in [0, 0.05) is 19.3 Å². The van der Waals surface area contributed by atoms with Crippen LogP contribution in [-0.2, 0) is 0 Å². The lowest BCUT2D eigenvalue weighted by Crippen LogP contribution is -2.17. The molecule has 1 rings (SSSR count). The van der Waals surface area contributed by atoms with Gasteiger partial charge >= 0.3 is 0 Å². The van der Waals surface area contributed by atoms with Gasteiger partial charge in [0.15, 0.2) is 0 Å². The van der Waals surface area contributed by atoms with E-state index in [1.165, 1.54) is 0 Å². The summed E-state index contributed by atoms with van der Waals surface area (Å²) < 4.78 is 0. The van der Waals surface area contributed by atoms with Gasteiger partial charge in [-0.15, -0.1) is 0 Å². The fourth-order valence-corrected chi connectivity index (χ4v) is 1.16. The first-order valence-corrected chi connectivity index (χ1v) is 4.36. The summed E-state index contributed by atoms with van der Waals surface area (Å²) in [5.74, 6) is 0. The molecule has 0 aromatic heterocycles. The van der Waals surface area contributed by atoms with Crippen LogP contribution in [0.3, 0.4) is 0 Å². The van der Waals surface area contributed by atoms with E-state index in [1.807, 2.05) is 30.1 Å². The van der Waals surface area contributed by atoms with Crippen molar-refractivity contribution >= 4 is 5.69 Å². The van der Waals surface area contributed by atoms with Gasteiger partial charge in [-0.2, -0.15) is 10.5 Å². The summed E-state index contributed by atoms with van der Waals surface area (Å²) in [7, 11) is 1.91. The van der Waals surface area contributed by atoms with Gasteiger partial charge in [0.2, 0.25) is 0 Å². The highest BCUT2D eigenvalue weighted by atomic mass is 15.1. The van der Waals surface area contributed by atoms with Gasteiger partial charge in [-0.05, 0) is 18.2 Å². The van der Waals surface area contributed by atoms with Crippen LogP contribution in [-0.4, -0.2) is 13.6 Å². The molecular formula is C11H11N3. The maximum absolute atomic E-state index is 8.70. The van der Waals surface area contributed by atoms with Gasteiger partial charge in [-0.25, -0.2) is 0 Å². The van der Waals surface area contributed by atoms with Crippen molar-refractivity contribution < 1.29 is 0 Å². The molecule has 3 heteroatoms. The van der Waals surface area contributed by atoms with Gasteiger partial charge in [-0.3, -0.25) is 0 Å². The Hall–Kier alpha value is -2.00. The first-order valence-electron chi connectivity index (χ1n) is 4.36. The first kappa shape index (κ1) is 10.1. The van der Waals surface area contributed by atoms with Crippen molar-refractivity contribution in [3.05, 3.63) is 29.8 Å². The van der Waals surface area contributed by atoms with E-state index in [0.717, 1.165) is 5.69 Å². The average Bonchev–Trinajstić information content (AvgIpc) is 2.26. The first-order chi connectivity index (χ1) is 6.77. The summed E-state index contributed by atoms with van der Waals surface area (Å²) >= 11 is 0. The van der Waals surface area contributed by atoms with Crippen LogP contribution in [0.15, 0.2) is 24.3 Å². The number of nitrogens with zero attached hydrogens (tertiary/aromatic N) is 3. The lowest BCUT2D eigenvalue weighted by atomic mass is 10.2. The Kier molecular flexibility index (Phi) is 3.52. The molecule has 0 saturated heterocycles. The zero-order chi connectivity index (χ0) is 10.4. The molecule has 0 aliphatic carbocycles. The smallest absolute Gasteiger partial charge is 0.0992 e. The summed E-state index contributed by atoms with van der Waals surface area (Å²) in [5, 5.41) is 17.1. The average molecular weight is 185 g/mol. The van der Waals surface area contributed by atoms with Gasteiger partial charge in [0.25, 0.3) is 0 Å². The minimum atomic E-state index is 0.493. The molecule has 0 amide bonds. The Morgan fingerprint density at radius 1 is 1.36 bits per heavy atom. The van der Waals surface area contributed by atoms with Gasteiger partial charge in [0.1, 0.15) is 0 Å². The van der Waals surface area contributed by atoms with Crippen molar-refractivity contribution in [1.29, 1.82) is 10.5 Å². The van der Waals surface area contributed by atoms with Crippen molar-refractivity contribution in [3.63, 3.8) is 0 Å². The Morgan fingerprint density at radius 2 is 2.14 bits per heavy atom. The molecule has 0 aliphatic rings. The van der Waals surface area contributed by atoms with Crippen LogP contribution in [0.1, 0.15) is 12.0 Å². The molecule has 0 aliphatic heterocycles. The maximum Gasteiger partial charge on any atom is 0.0992 e. The monoisotopic (exact) mass is 185 g/mol. The molecule has 0 N–H and O–H groups in total. The number of hydrogen-bond donors (Lipinski definition) is 0. The highest BCUT2D eigenvalue weighted by Crippen LogP contribution is 2.14. The number of anilines is 1. The minimum absolute atomic E-state index is 0.493. The molecule has 0 atom stereocenters. The second-order valence-corrected chi connectivity index (χ2v) is 2.99. The Balaban J connectivity index is 2.76. The quantitative estimate of drug-likeness (QED) is 0.722. The summed E-state index contributed by atoms with van der Waals surface area (Å²) in [5.41, 5.74) is 1.62. The van der Waals surface area contributed by atoms with Crippen molar-refractivity contribution in [2.45, 2.75) is 6.42 Å². The Labute approximate surface area is 83.8 Å². The Morgan fingerprint density at radius 3 is 2.79 bits per heavy atom. The molecule has 70 valence electrons. The van der Waals surface area contributed by atoms with E-state index < -0.39 is 0 Å². The second kappa shape index (κ2) is 4.89. The maximum atomic E-state index is 8.70. The van der Waals surface area contributed by atoms with Crippen molar-refractivity contribution in [2.24, 2.45) is 0 Å². The lowest BCUT2D eigenvalue weighted by Gasteiger charge is -2.17. The largest absolute Gasteiger partial charge is 0.374 e. The van der Waals surface area contributed by atoms with Crippen LogP contribution < -0.4 is 4.90 Å². The predicted molar refractivity (Wildman–Crippen MR) is 54.7 cm³/mol. The number of rotatable bonds is 3. The summed E-state index contributed by atoms with van der Waals surface area (Å²) in [6.45, 7) is 0.686. The molecule has 0 spiro atoms. The van der Waals surface area contributed by atoms with Crippen molar-refractivity contribution in [2.75, 3.05) is 18.5 Å². The van der Waals surface area contributed by atoms with E-state index in [0.29, 0.717) is 18.5 Å². The molecule has 3 nitrogen and oxygen atoms in total. The zero-order valence-electron chi connectivity index (χ0n) is 8.07. The van der Waals surface area contributed by atoms with E-state index in [2.05, 4.69) is 12.1 Å². The van der Waals surface area contributed by atoms with Crippen LogP contribution in [0, 0.1) is 22.7 Å². The topological polar surface area (TPSA) is 50.8 Å². The highest BCUT2D eigenvalue weighted by molar-refractivity contribution is 5.50. The molecule has 1 aromatic rings. The zero-order valence-corrected chi connectivity index (χ0v) is 8.07. The standard InChI is InChI=1S/C11H11N3/c1-14(7-3-6-12)11-5-2-4-10(8-11)9-13/h2,4-5,8H,3,7H2,1H3. The molecule has 0 unspecified atom stereocenters. The molecule has 0 saturated carbocycles. The van der Waals surface area contributed by atoms with Crippen LogP contribution in [0.25, 0.3) is 0 Å². The van der Waals surface area contributed by atoms with E-state index >= 15 is 0 Å². The lowest BCUT2D eigenvalue weighted by molar-refractivity contribution is 0.905. The third-order valence-corrected chi connectivity index (χ3v) is 1.98. The summed E-state index contributed by atoms with van der Waals surface area (Å²) in [6.07, 6.45) is 0.493. The Bertz CT molecular complexity index is 384. The summed E-state index contributed by atoms with van der Waals surface area (Å²) in [6, 6.07) is 11.5. The van der Waals surface area contributed by atoms with Gasteiger partial charge in [0.05, 0.1) is 24.1 Å². The third-order valence-electron chi connectivity index (χ3n) is 1.98. The SMILES string of the molecule is CN(CCC#N)c1cccc(C#N)c1. The summed E-state index contributed by atoms with van der Waals surface area (Å²) in [4.78, 5) is 1.96. The highest BCUT2D eigenvalue weighted by Gasteiger charge is 2.00. The van der Waals surface area contributed by atoms with Crippen molar-refractivity contribution in [1.82, 2.24) is 0 Å². The number of benzene rings is 1. The third kappa shape index (κ3) is 2.50. The van der Waals surface area contributed by atoms with Crippen LogP contribution >= 0.6 is 0 Å². The molecule has 0 fully saturated rings. The molecule has 1 aromatic carbocycles. The number of hydrogen-bond acceptors (Lipinski definition) is 3. The van der Waals surface area contributed by atoms with Crippen LogP contribution in [0.4, 0.5) is 5.69 Å². The van der Waals surface area contributed by atoms with Crippen molar-refractivity contribution in [3.8, 4) is 12.1 Å². The van der Waals surface area contributed by atoms with E-state index in [4.69, 9.17) is 10.5 Å². The van der Waals surface area contributed by atoms with Gasteiger partial charge in [-0.1, -0.05) is 6.07 Å². The van der Waals surface area contributed by atoms with E-state index in [1.54, 1.807) is 6.07 Å². The number of nitriles is 2. The van der Waals surface area contributed by atoms with Crippen LogP contribution in [0.5, 0.6) is 0 Å². The van der Waals surface area contributed by atoms with Crippen LogP contribution in [0.2, 0.25) is 0 Å². The normalized spacial score (nSPS) is 8.79. The molecule has 0 heterocycles. The molecule has 0 radical (unpaired) electrons. The van der Waals surface area contributed by atoms with E-state index in [-0.39, 0.29) is 0 Å². The molecule has 14 heavy (non-hydrogen) atoms. The predicted octanol–water partition coefficient (Wildman–Crippen LogP) is 1.91. The molecule has 0 bridgehead atoms. The minimum Gasteiger partial charge on any atom is -0.374 e. The van der Waals surface area contributed by atoms with E-state index in [9.17, 15) is 0 Å². The fourth-order valence-electron chi connectivity index (χ4n) is 1.16. The molecular weight excluding hydrogens is 174 g/mol. The second-order valence-electron chi connectivity index (χ2n) is 2.99.